The maximum Gasteiger partial charge on any atom is 0.253 e. The van der Waals surface area contributed by atoms with Gasteiger partial charge in [-0.25, -0.2) is 4.68 Å². The maximum atomic E-state index is 13.1. The van der Waals surface area contributed by atoms with Gasteiger partial charge in [-0.05, 0) is 41.7 Å². The molecule has 4 rings (SSSR count). The van der Waals surface area contributed by atoms with E-state index in [-0.39, 0.29) is 11.6 Å². The fourth-order valence-electron chi connectivity index (χ4n) is 3.86. The molecule has 1 aromatic carbocycles. The lowest BCUT2D eigenvalue weighted by atomic mass is 10.0. The van der Waals surface area contributed by atoms with Gasteiger partial charge in [0, 0.05) is 49.8 Å². The highest BCUT2D eigenvalue weighted by Crippen LogP contribution is 2.28. The van der Waals surface area contributed by atoms with Crippen molar-refractivity contribution in [3.63, 3.8) is 0 Å². The van der Waals surface area contributed by atoms with Crippen LogP contribution in [0.4, 0.5) is 0 Å². The van der Waals surface area contributed by atoms with Crippen LogP contribution in [0, 0.1) is 0 Å². The van der Waals surface area contributed by atoms with Gasteiger partial charge in [-0.15, -0.1) is 5.10 Å². The van der Waals surface area contributed by atoms with Gasteiger partial charge in [0.15, 0.2) is 5.82 Å². The molecule has 1 fully saturated rings. The van der Waals surface area contributed by atoms with Crippen LogP contribution in [0.15, 0.2) is 29.1 Å². The van der Waals surface area contributed by atoms with Crippen LogP contribution in [0.3, 0.4) is 0 Å². The molecular weight excluding hydrogens is 386 g/mol. The number of nitrogens with zero attached hydrogens (tertiary/aromatic N) is 6. The summed E-state index contributed by atoms with van der Waals surface area (Å²) in [6.07, 6.45) is 0. The first-order valence-corrected chi connectivity index (χ1v) is 9.99. The van der Waals surface area contributed by atoms with E-state index in [2.05, 4.69) is 37.4 Å². The standard InChI is InChI=1S/C20H27N7O3/c1-25-6-8-26(9-7-25)18(19-22-23-24-27(19)10-11-29-2)16-13-14-12-15(30-3)4-5-17(14)21-20(16)28/h4-5,12-13,18H,6-11H2,1-3H3,(H,21,28)/t18-/m1/s1. The Morgan fingerprint density at radius 1 is 1.17 bits per heavy atom. The molecule has 1 N–H and O–H groups in total. The SMILES string of the molecule is COCCn1nnnc1[C@@H](c1cc2cc(OC)ccc2[nH]c1=O)N1CCN(C)CC1. The van der Waals surface area contributed by atoms with Crippen LogP contribution in [-0.2, 0) is 11.3 Å². The van der Waals surface area contributed by atoms with Gasteiger partial charge in [-0.1, -0.05) is 0 Å². The fraction of sp³-hybridized carbons (Fsp3) is 0.500. The summed E-state index contributed by atoms with van der Waals surface area (Å²) in [6, 6.07) is 7.18. The number of H-pyrrole nitrogens is 1. The molecular formula is C20H27N7O3. The normalized spacial score (nSPS) is 16.8. The Morgan fingerprint density at radius 3 is 2.70 bits per heavy atom. The zero-order valence-electron chi connectivity index (χ0n) is 17.5. The van der Waals surface area contributed by atoms with Crippen LogP contribution in [0.1, 0.15) is 17.4 Å². The molecule has 10 heteroatoms. The molecule has 160 valence electrons. The molecule has 2 aromatic heterocycles. The Hall–Kier alpha value is -2.82. The predicted molar refractivity (Wildman–Crippen MR) is 112 cm³/mol. The Morgan fingerprint density at radius 2 is 1.97 bits per heavy atom. The van der Waals surface area contributed by atoms with Crippen molar-refractivity contribution in [2.24, 2.45) is 0 Å². The molecule has 10 nitrogen and oxygen atoms in total. The number of benzene rings is 1. The van der Waals surface area contributed by atoms with Crippen LogP contribution in [0.25, 0.3) is 10.9 Å². The number of methoxy groups -OCH3 is 2. The summed E-state index contributed by atoms with van der Waals surface area (Å²) < 4.78 is 12.3. The predicted octanol–water partition coefficient (Wildman–Crippen LogP) is 0.506. The van der Waals surface area contributed by atoms with Crippen molar-refractivity contribution >= 4 is 10.9 Å². The minimum Gasteiger partial charge on any atom is -0.497 e. The highest BCUT2D eigenvalue weighted by Gasteiger charge is 2.32. The molecule has 1 atom stereocenters. The lowest BCUT2D eigenvalue weighted by Crippen LogP contribution is -2.47. The van der Waals surface area contributed by atoms with Crippen LogP contribution >= 0.6 is 0 Å². The van der Waals surface area contributed by atoms with Gasteiger partial charge in [-0.3, -0.25) is 9.69 Å². The molecule has 0 aliphatic carbocycles. The second kappa shape index (κ2) is 8.90. The smallest absolute Gasteiger partial charge is 0.253 e. The molecule has 0 amide bonds. The lowest BCUT2D eigenvalue weighted by molar-refractivity contribution is 0.119. The van der Waals surface area contributed by atoms with Crippen molar-refractivity contribution in [2.75, 3.05) is 54.1 Å². The molecule has 30 heavy (non-hydrogen) atoms. The van der Waals surface area contributed by atoms with E-state index in [9.17, 15) is 4.79 Å². The van der Waals surface area contributed by atoms with E-state index in [0.29, 0.717) is 24.5 Å². The van der Waals surface area contributed by atoms with Crippen molar-refractivity contribution in [1.29, 1.82) is 0 Å². The summed E-state index contributed by atoms with van der Waals surface area (Å²) in [7, 11) is 5.37. The number of rotatable bonds is 7. The van der Waals surface area contributed by atoms with Crippen molar-refractivity contribution in [3.8, 4) is 5.75 Å². The molecule has 3 heterocycles. The van der Waals surface area contributed by atoms with Crippen LogP contribution in [-0.4, -0.2) is 89.0 Å². The number of fused-ring (bicyclic) bond motifs is 1. The molecule has 0 saturated carbocycles. The third-order valence-electron chi connectivity index (χ3n) is 5.59. The monoisotopic (exact) mass is 413 g/mol. The Labute approximate surface area is 174 Å². The molecule has 0 unspecified atom stereocenters. The average Bonchev–Trinajstić information content (AvgIpc) is 3.22. The first kappa shape index (κ1) is 20.5. The van der Waals surface area contributed by atoms with Gasteiger partial charge < -0.3 is 19.4 Å². The second-order valence-corrected chi connectivity index (χ2v) is 7.50. The molecule has 1 aliphatic rings. The number of pyridine rings is 1. The largest absolute Gasteiger partial charge is 0.497 e. The minimum atomic E-state index is -0.357. The highest BCUT2D eigenvalue weighted by atomic mass is 16.5. The van der Waals surface area contributed by atoms with Gasteiger partial charge in [0.2, 0.25) is 0 Å². The van der Waals surface area contributed by atoms with E-state index >= 15 is 0 Å². The van der Waals surface area contributed by atoms with Crippen molar-refractivity contribution in [2.45, 2.75) is 12.6 Å². The van der Waals surface area contributed by atoms with E-state index < -0.39 is 0 Å². The van der Waals surface area contributed by atoms with E-state index in [1.165, 1.54) is 0 Å². The molecule has 0 radical (unpaired) electrons. The van der Waals surface area contributed by atoms with E-state index in [1.807, 2.05) is 24.3 Å². The zero-order chi connectivity index (χ0) is 21.1. The molecule has 1 saturated heterocycles. The van der Waals surface area contributed by atoms with E-state index in [0.717, 1.165) is 42.8 Å². The van der Waals surface area contributed by atoms with Crippen LogP contribution in [0.5, 0.6) is 5.75 Å². The number of tetrazole rings is 1. The fourth-order valence-corrected chi connectivity index (χ4v) is 3.86. The van der Waals surface area contributed by atoms with E-state index in [1.54, 1.807) is 18.9 Å². The Kier molecular flexibility index (Phi) is 6.07. The summed E-state index contributed by atoms with van der Waals surface area (Å²) in [5, 5.41) is 13.2. The number of aromatic nitrogens is 5. The number of aromatic amines is 1. The summed E-state index contributed by atoms with van der Waals surface area (Å²) in [5.41, 5.74) is 1.24. The number of hydrogen-bond donors (Lipinski definition) is 1. The Bertz CT molecular complexity index is 1060. The van der Waals surface area contributed by atoms with Crippen molar-refractivity contribution < 1.29 is 9.47 Å². The minimum absolute atomic E-state index is 0.141. The number of hydrogen-bond acceptors (Lipinski definition) is 8. The summed E-state index contributed by atoms with van der Waals surface area (Å²) >= 11 is 0. The van der Waals surface area contributed by atoms with Gasteiger partial charge in [0.1, 0.15) is 11.8 Å². The third kappa shape index (κ3) is 4.07. The van der Waals surface area contributed by atoms with E-state index in [4.69, 9.17) is 9.47 Å². The van der Waals surface area contributed by atoms with Gasteiger partial charge in [0.25, 0.3) is 5.56 Å². The summed E-state index contributed by atoms with van der Waals surface area (Å²) in [6.45, 7) is 4.45. The van der Waals surface area contributed by atoms with Crippen LogP contribution < -0.4 is 10.3 Å². The molecule has 0 spiro atoms. The topological polar surface area (TPSA) is 101 Å². The first-order valence-electron chi connectivity index (χ1n) is 9.99. The van der Waals surface area contributed by atoms with Gasteiger partial charge in [-0.2, -0.15) is 0 Å². The molecule has 0 bridgehead atoms. The average molecular weight is 413 g/mol. The highest BCUT2D eigenvalue weighted by molar-refractivity contribution is 5.80. The summed E-state index contributed by atoms with van der Waals surface area (Å²) in [5.74, 6) is 1.38. The number of nitrogens with one attached hydrogen (secondary N) is 1. The van der Waals surface area contributed by atoms with Gasteiger partial charge in [0.05, 0.1) is 20.3 Å². The van der Waals surface area contributed by atoms with Gasteiger partial charge >= 0.3 is 0 Å². The van der Waals surface area contributed by atoms with Crippen molar-refractivity contribution in [3.05, 3.63) is 46.0 Å². The first-order chi connectivity index (χ1) is 14.6. The molecule has 1 aliphatic heterocycles. The lowest BCUT2D eigenvalue weighted by Gasteiger charge is -2.37. The third-order valence-corrected chi connectivity index (χ3v) is 5.59. The van der Waals surface area contributed by atoms with Crippen LogP contribution in [0.2, 0.25) is 0 Å². The summed E-state index contributed by atoms with van der Waals surface area (Å²) in [4.78, 5) is 20.7. The maximum absolute atomic E-state index is 13.1. The number of ether oxygens (including phenoxy) is 2. The number of piperazine rings is 1. The Balaban J connectivity index is 1.82. The van der Waals surface area contributed by atoms with Crippen molar-refractivity contribution in [1.82, 2.24) is 35.0 Å². The zero-order valence-corrected chi connectivity index (χ0v) is 17.5. The quantitative estimate of drug-likeness (QED) is 0.598. The second-order valence-electron chi connectivity index (χ2n) is 7.50. The molecule has 3 aromatic rings. The number of likely N-dealkylation sites (N-methyl/N-ethyl adjacent to an activating group) is 1.